The molecule has 0 aliphatic rings. The number of benzene rings is 4. The number of rotatable bonds is 22. The van der Waals surface area contributed by atoms with Crippen LogP contribution in [0, 0.1) is 25.5 Å². The first-order valence-corrected chi connectivity index (χ1v) is 22.7. The fourth-order valence-corrected chi connectivity index (χ4v) is 8.38. The molecule has 0 aliphatic carbocycles. The third-order valence-corrected chi connectivity index (χ3v) is 11.8. The van der Waals surface area contributed by atoms with Gasteiger partial charge >= 0.3 is 0 Å². The largest absolute Gasteiger partial charge is 0.441 e. The maximum Gasteiger partial charge on any atom is 0.226 e. The Hall–Kier alpha value is -5.08. The maximum absolute atomic E-state index is 12.9. The highest BCUT2D eigenvalue weighted by molar-refractivity contribution is 7.99. The van der Waals surface area contributed by atoms with Crippen LogP contribution in [0.25, 0.3) is 22.9 Å². The van der Waals surface area contributed by atoms with Gasteiger partial charge in [-0.25, -0.2) is 18.7 Å². The summed E-state index contributed by atoms with van der Waals surface area (Å²) >= 11 is 1.56. The van der Waals surface area contributed by atoms with Crippen LogP contribution in [0.3, 0.4) is 0 Å². The Bertz CT molecular complexity index is 2310. The van der Waals surface area contributed by atoms with E-state index in [1.165, 1.54) is 24.3 Å². The minimum atomic E-state index is -1.35. The number of oxazole rings is 2. The Morgan fingerprint density at radius 2 is 1.05 bits per heavy atom. The number of carbonyl (C=O) groups excluding carboxylic acids is 2. The average Bonchev–Trinajstić information content (AvgIpc) is 3.81. The third kappa shape index (κ3) is 15.7. The van der Waals surface area contributed by atoms with Crippen molar-refractivity contribution in [3.63, 3.8) is 0 Å². The highest BCUT2D eigenvalue weighted by atomic mass is 32.2. The first-order chi connectivity index (χ1) is 29.5. The minimum absolute atomic E-state index is 0.00321. The number of halogens is 2. The number of Topliss-reactive ketones (excluding diaryl/α,β-unsaturated/α-hetero) is 2. The highest BCUT2D eigenvalue weighted by Gasteiger charge is 2.17. The van der Waals surface area contributed by atoms with Gasteiger partial charge in [0.05, 0.1) is 41.9 Å². The molecule has 61 heavy (non-hydrogen) atoms. The van der Waals surface area contributed by atoms with E-state index in [1.54, 1.807) is 57.2 Å². The lowest BCUT2D eigenvalue weighted by Crippen LogP contribution is -2.12. The number of thioether (sulfide) groups is 1. The number of aryl methyl sites for hydroxylation is 4. The van der Waals surface area contributed by atoms with Crippen molar-refractivity contribution in [3.05, 3.63) is 154 Å². The Labute approximate surface area is 363 Å². The molecule has 0 fully saturated rings. The summed E-state index contributed by atoms with van der Waals surface area (Å²) in [5.74, 6) is 3.39. The van der Waals surface area contributed by atoms with E-state index in [4.69, 9.17) is 18.3 Å². The van der Waals surface area contributed by atoms with Gasteiger partial charge in [-0.15, -0.1) is 11.8 Å². The van der Waals surface area contributed by atoms with Gasteiger partial charge in [0.2, 0.25) is 11.8 Å². The summed E-state index contributed by atoms with van der Waals surface area (Å²) in [4.78, 5) is 33.4. The zero-order valence-corrected chi connectivity index (χ0v) is 36.7. The average molecular weight is 871 g/mol. The van der Waals surface area contributed by atoms with Gasteiger partial charge in [-0.3, -0.25) is 13.8 Å². The molecule has 13 heteroatoms. The number of ketones is 2. The lowest BCUT2D eigenvalue weighted by atomic mass is 10.1. The standard InChI is InChI=1S/C24H26FNO4S.C24H26FNO3S/c1-17-23(26-24(30-17)20-10-6-19(7-11-20)14-29-2)16-31(28)15-22(27)5-3-4-18-8-12-21(25)13-9-18;1-17-23(26-24(29-17)20-10-6-19(7-11-20)14-28-2)16-30-15-22(27)5-3-4-18-8-12-21(25)13-9-18/h6-13H,3-5,14-16H2,1-2H3;6-13H,3-5,14-16H2,1-2H3. The first kappa shape index (κ1) is 47.0. The van der Waals surface area contributed by atoms with Gasteiger partial charge in [0.25, 0.3) is 0 Å². The molecule has 0 saturated carbocycles. The quantitative estimate of drug-likeness (QED) is 0.0652. The minimum Gasteiger partial charge on any atom is -0.441 e. The van der Waals surface area contributed by atoms with E-state index in [2.05, 4.69) is 9.97 Å². The van der Waals surface area contributed by atoms with Gasteiger partial charge in [-0.1, -0.05) is 48.5 Å². The fourth-order valence-electron chi connectivity index (χ4n) is 6.26. The Kier molecular flexibility index (Phi) is 18.8. The smallest absolute Gasteiger partial charge is 0.226 e. The van der Waals surface area contributed by atoms with Crippen molar-refractivity contribution in [2.75, 3.05) is 25.7 Å². The number of ether oxygens (including phenoxy) is 2. The van der Waals surface area contributed by atoms with E-state index in [0.29, 0.717) is 73.6 Å². The summed E-state index contributed by atoms with van der Waals surface area (Å²) in [6.45, 7) is 4.79. The second-order valence-corrected chi connectivity index (χ2v) is 17.0. The second kappa shape index (κ2) is 24.4. The summed E-state index contributed by atoms with van der Waals surface area (Å²) in [6.07, 6.45) is 3.77. The molecule has 322 valence electrons. The molecular weight excluding hydrogens is 819 g/mol. The number of aromatic nitrogens is 2. The van der Waals surface area contributed by atoms with Gasteiger partial charge in [0.15, 0.2) is 0 Å². The van der Waals surface area contributed by atoms with Crippen LogP contribution in [-0.4, -0.2) is 51.5 Å². The molecule has 0 amide bonds. The maximum atomic E-state index is 12.9. The molecule has 1 atom stereocenters. The lowest BCUT2D eigenvalue weighted by molar-refractivity contribution is -0.117. The van der Waals surface area contributed by atoms with Gasteiger partial charge in [0.1, 0.15) is 34.7 Å². The van der Waals surface area contributed by atoms with Crippen molar-refractivity contribution in [2.24, 2.45) is 0 Å². The molecule has 0 aliphatic heterocycles. The molecule has 6 aromatic rings. The monoisotopic (exact) mass is 870 g/mol. The Morgan fingerprint density at radius 1 is 0.623 bits per heavy atom. The summed E-state index contributed by atoms with van der Waals surface area (Å²) in [7, 11) is 1.97. The van der Waals surface area contributed by atoms with E-state index >= 15 is 0 Å². The Morgan fingerprint density at radius 3 is 1.52 bits per heavy atom. The van der Waals surface area contributed by atoms with Crippen molar-refractivity contribution in [3.8, 4) is 22.9 Å². The summed E-state index contributed by atoms with van der Waals surface area (Å²) < 4.78 is 60.1. The SMILES string of the molecule is COCc1ccc(-c2nc(CS(=O)CC(=O)CCCc3ccc(F)cc3)c(C)o2)cc1.COCc1ccc(-c2nc(CSCC(=O)CCCc3ccc(F)cc3)c(C)o2)cc1. The summed E-state index contributed by atoms with van der Waals surface area (Å²) in [5, 5.41) is 0. The van der Waals surface area contributed by atoms with Gasteiger partial charge in [-0.05, 0) is 110 Å². The van der Waals surface area contributed by atoms with Crippen molar-refractivity contribution < 1.29 is 40.9 Å². The molecule has 1 unspecified atom stereocenters. The molecule has 0 radical (unpaired) electrons. The van der Waals surface area contributed by atoms with Gasteiger partial charge in [-0.2, -0.15) is 0 Å². The molecule has 0 spiro atoms. The molecule has 0 bridgehead atoms. The first-order valence-electron chi connectivity index (χ1n) is 20.0. The molecule has 6 rings (SSSR count). The van der Waals surface area contributed by atoms with Crippen molar-refractivity contribution in [2.45, 2.75) is 77.1 Å². The molecule has 0 saturated heterocycles. The molecule has 0 N–H and O–H groups in total. The van der Waals surface area contributed by atoms with Gasteiger partial charge in [0, 0.05) is 54.7 Å². The molecule has 4 aromatic carbocycles. The predicted molar refractivity (Wildman–Crippen MR) is 236 cm³/mol. The van der Waals surface area contributed by atoms with Gasteiger partial charge < -0.3 is 18.3 Å². The molecule has 2 aromatic heterocycles. The molecule has 2 heterocycles. The number of hydrogen-bond donors (Lipinski definition) is 0. The van der Waals surface area contributed by atoms with E-state index < -0.39 is 10.8 Å². The van der Waals surface area contributed by atoms with E-state index in [0.717, 1.165) is 57.7 Å². The van der Waals surface area contributed by atoms with Crippen LogP contribution >= 0.6 is 11.8 Å². The molecule has 9 nitrogen and oxygen atoms in total. The zero-order chi connectivity index (χ0) is 43.6. The van der Waals surface area contributed by atoms with Crippen LogP contribution in [0.5, 0.6) is 0 Å². The number of methoxy groups -OCH3 is 2. The highest BCUT2D eigenvalue weighted by Crippen LogP contribution is 2.26. The normalized spacial score (nSPS) is 11.6. The summed E-state index contributed by atoms with van der Waals surface area (Å²) in [6, 6.07) is 28.3. The van der Waals surface area contributed by atoms with Crippen LogP contribution < -0.4 is 0 Å². The Balaban J connectivity index is 0.000000231. The van der Waals surface area contributed by atoms with Crippen molar-refractivity contribution >= 4 is 34.1 Å². The van der Waals surface area contributed by atoms with Crippen LogP contribution in [0.1, 0.15) is 70.8 Å². The van der Waals surface area contributed by atoms with Crippen LogP contribution in [-0.2, 0) is 67.4 Å². The topological polar surface area (TPSA) is 122 Å². The summed E-state index contributed by atoms with van der Waals surface area (Å²) in [5.41, 5.74) is 7.41. The van der Waals surface area contributed by atoms with Crippen LogP contribution in [0.15, 0.2) is 106 Å². The molecular formula is C48H52F2N2O7S2. The number of nitrogens with zero attached hydrogens (tertiary/aromatic N) is 2. The van der Waals surface area contributed by atoms with Crippen LogP contribution in [0.2, 0.25) is 0 Å². The van der Waals surface area contributed by atoms with Crippen molar-refractivity contribution in [1.29, 1.82) is 0 Å². The number of carbonyl (C=O) groups is 2. The number of hydrogen-bond acceptors (Lipinski definition) is 10. The predicted octanol–water partition coefficient (Wildman–Crippen LogP) is 10.5. The van der Waals surface area contributed by atoms with Crippen LogP contribution in [0.4, 0.5) is 8.78 Å². The fraction of sp³-hybridized carbons (Fsp3) is 0.333. The zero-order valence-electron chi connectivity index (χ0n) is 35.0. The van der Waals surface area contributed by atoms with E-state index in [1.807, 2.05) is 55.5 Å². The second-order valence-electron chi connectivity index (χ2n) is 14.6. The third-order valence-electron chi connectivity index (χ3n) is 9.60. The lowest BCUT2D eigenvalue weighted by Gasteiger charge is -2.02. The van der Waals surface area contributed by atoms with E-state index in [-0.39, 0.29) is 34.7 Å². The van der Waals surface area contributed by atoms with E-state index in [9.17, 15) is 22.6 Å². The van der Waals surface area contributed by atoms with Crippen molar-refractivity contribution in [1.82, 2.24) is 9.97 Å².